The standard InChI is InChI=1S/C12H20N4O/c1-16-11(6-8-14-16)15-12(17)5-4-10-3-2-7-13-9-10/h6,8,10,13H,2-5,7,9H2,1H3,(H,15,17). The van der Waals surface area contributed by atoms with E-state index in [0.717, 1.165) is 25.3 Å². The van der Waals surface area contributed by atoms with Crippen LogP contribution in [0.5, 0.6) is 0 Å². The van der Waals surface area contributed by atoms with Gasteiger partial charge in [-0.05, 0) is 38.3 Å². The number of nitrogens with one attached hydrogen (secondary N) is 2. The van der Waals surface area contributed by atoms with Gasteiger partial charge in [-0.3, -0.25) is 9.48 Å². The molecular formula is C12H20N4O. The number of anilines is 1. The molecule has 1 aromatic rings. The molecule has 0 bridgehead atoms. The summed E-state index contributed by atoms with van der Waals surface area (Å²) in [4.78, 5) is 11.7. The minimum atomic E-state index is 0.0826. The molecule has 1 atom stereocenters. The number of carbonyl (C=O) groups excluding carboxylic acids is 1. The van der Waals surface area contributed by atoms with Crippen molar-refractivity contribution in [2.24, 2.45) is 13.0 Å². The first-order valence-electron chi connectivity index (χ1n) is 6.24. The van der Waals surface area contributed by atoms with Crippen LogP contribution in [0.25, 0.3) is 0 Å². The summed E-state index contributed by atoms with van der Waals surface area (Å²) >= 11 is 0. The molecule has 0 aliphatic carbocycles. The molecule has 1 fully saturated rings. The molecule has 1 aromatic heterocycles. The van der Waals surface area contributed by atoms with Gasteiger partial charge in [0.25, 0.3) is 0 Å². The third kappa shape index (κ3) is 3.56. The van der Waals surface area contributed by atoms with Gasteiger partial charge in [0.05, 0.1) is 6.20 Å². The average molecular weight is 236 g/mol. The van der Waals surface area contributed by atoms with E-state index in [2.05, 4.69) is 15.7 Å². The van der Waals surface area contributed by atoms with E-state index in [0.29, 0.717) is 12.3 Å². The van der Waals surface area contributed by atoms with Gasteiger partial charge in [0, 0.05) is 19.5 Å². The van der Waals surface area contributed by atoms with Crippen molar-refractivity contribution in [2.45, 2.75) is 25.7 Å². The first kappa shape index (κ1) is 12.1. The maximum absolute atomic E-state index is 11.7. The van der Waals surface area contributed by atoms with E-state index in [-0.39, 0.29) is 5.91 Å². The number of aryl methyl sites for hydroxylation is 1. The van der Waals surface area contributed by atoms with Crippen LogP contribution in [0, 0.1) is 5.92 Å². The summed E-state index contributed by atoms with van der Waals surface area (Å²) in [5.41, 5.74) is 0. The van der Waals surface area contributed by atoms with Crippen molar-refractivity contribution in [1.82, 2.24) is 15.1 Å². The minimum absolute atomic E-state index is 0.0826. The van der Waals surface area contributed by atoms with Gasteiger partial charge in [-0.15, -0.1) is 0 Å². The van der Waals surface area contributed by atoms with E-state index in [1.165, 1.54) is 12.8 Å². The van der Waals surface area contributed by atoms with Crippen LogP contribution >= 0.6 is 0 Å². The Kier molecular flexibility index (Phi) is 4.14. The van der Waals surface area contributed by atoms with Crippen LogP contribution in [0.4, 0.5) is 5.82 Å². The highest BCUT2D eigenvalue weighted by Crippen LogP contribution is 2.16. The Morgan fingerprint density at radius 3 is 3.24 bits per heavy atom. The number of nitrogens with zero attached hydrogens (tertiary/aromatic N) is 2. The molecule has 17 heavy (non-hydrogen) atoms. The second-order valence-electron chi connectivity index (χ2n) is 4.64. The zero-order valence-corrected chi connectivity index (χ0v) is 10.3. The van der Waals surface area contributed by atoms with E-state index < -0.39 is 0 Å². The van der Waals surface area contributed by atoms with Crippen molar-refractivity contribution in [3.63, 3.8) is 0 Å². The lowest BCUT2D eigenvalue weighted by molar-refractivity contribution is -0.116. The third-order valence-corrected chi connectivity index (χ3v) is 3.27. The molecule has 2 rings (SSSR count). The van der Waals surface area contributed by atoms with Gasteiger partial charge < -0.3 is 10.6 Å². The SMILES string of the molecule is Cn1nccc1NC(=O)CCC1CCCNC1. The molecule has 1 unspecified atom stereocenters. The lowest BCUT2D eigenvalue weighted by Crippen LogP contribution is -2.30. The molecule has 0 radical (unpaired) electrons. The number of hydrogen-bond donors (Lipinski definition) is 2. The van der Waals surface area contributed by atoms with Crippen LogP contribution in [0.2, 0.25) is 0 Å². The van der Waals surface area contributed by atoms with E-state index in [4.69, 9.17) is 0 Å². The van der Waals surface area contributed by atoms with Crippen LogP contribution in [0.15, 0.2) is 12.3 Å². The van der Waals surface area contributed by atoms with Crippen LogP contribution < -0.4 is 10.6 Å². The van der Waals surface area contributed by atoms with Gasteiger partial charge in [0.1, 0.15) is 5.82 Å². The zero-order chi connectivity index (χ0) is 12.1. The fourth-order valence-electron chi connectivity index (χ4n) is 2.21. The largest absolute Gasteiger partial charge is 0.316 e. The fourth-order valence-corrected chi connectivity index (χ4v) is 2.21. The highest BCUT2D eigenvalue weighted by atomic mass is 16.1. The van der Waals surface area contributed by atoms with Crippen molar-refractivity contribution in [1.29, 1.82) is 0 Å². The zero-order valence-electron chi connectivity index (χ0n) is 10.3. The van der Waals surface area contributed by atoms with Crippen LogP contribution in [0.1, 0.15) is 25.7 Å². The van der Waals surface area contributed by atoms with E-state index in [9.17, 15) is 4.79 Å². The highest BCUT2D eigenvalue weighted by molar-refractivity contribution is 5.89. The summed E-state index contributed by atoms with van der Waals surface area (Å²) in [6.45, 7) is 2.18. The molecule has 1 aliphatic rings. The molecule has 94 valence electrons. The number of piperidine rings is 1. The summed E-state index contributed by atoms with van der Waals surface area (Å²) in [5.74, 6) is 1.50. The molecule has 5 nitrogen and oxygen atoms in total. The van der Waals surface area contributed by atoms with E-state index in [1.54, 1.807) is 16.9 Å². The Bertz CT molecular complexity index is 368. The predicted octanol–water partition coefficient (Wildman–Crippen LogP) is 1.14. The molecular weight excluding hydrogens is 216 g/mol. The molecule has 2 N–H and O–H groups in total. The molecule has 5 heteroatoms. The Morgan fingerprint density at radius 1 is 1.71 bits per heavy atom. The fraction of sp³-hybridized carbons (Fsp3) is 0.667. The van der Waals surface area contributed by atoms with E-state index >= 15 is 0 Å². The van der Waals surface area contributed by atoms with Gasteiger partial charge in [-0.25, -0.2) is 0 Å². The van der Waals surface area contributed by atoms with Crippen LogP contribution in [0.3, 0.4) is 0 Å². The Balaban J connectivity index is 1.72. The molecule has 1 amide bonds. The van der Waals surface area contributed by atoms with Gasteiger partial charge in [-0.1, -0.05) is 0 Å². The van der Waals surface area contributed by atoms with Crippen LogP contribution in [-0.2, 0) is 11.8 Å². The first-order chi connectivity index (χ1) is 8.25. The summed E-state index contributed by atoms with van der Waals surface area (Å²) in [6, 6.07) is 1.81. The van der Waals surface area contributed by atoms with Gasteiger partial charge in [0.2, 0.25) is 5.91 Å². The molecule has 0 saturated carbocycles. The maximum atomic E-state index is 11.7. The normalized spacial score (nSPS) is 20.2. The molecule has 1 aliphatic heterocycles. The highest BCUT2D eigenvalue weighted by Gasteiger charge is 2.14. The van der Waals surface area contributed by atoms with Gasteiger partial charge in [-0.2, -0.15) is 5.10 Å². The summed E-state index contributed by atoms with van der Waals surface area (Å²) < 4.78 is 1.67. The maximum Gasteiger partial charge on any atom is 0.225 e. The second-order valence-corrected chi connectivity index (χ2v) is 4.64. The first-order valence-corrected chi connectivity index (χ1v) is 6.24. The van der Waals surface area contributed by atoms with E-state index in [1.807, 2.05) is 7.05 Å². The molecule has 2 heterocycles. The Morgan fingerprint density at radius 2 is 2.59 bits per heavy atom. The van der Waals surface area contributed by atoms with Crippen molar-refractivity contribution in [3.05, 3.63) is 12.3 Å². The Hall–Kier alpha value is -1.36. The number of carbonyl (C=O) groups is 1. The summed E-state index contributed by atoms with van der Waals surface area (Å²) in [7, 11) is 1.82. The number of rotatable bonds is 4. The lowest BCUT2D eigenvalue weighted by atomic mass is 9.94. The van der Waals surface area contributed by atoms with Crippen LogP contribution in [-0.4, -0.2) is 28.8 Å². The van der Waals surface area contributed by atoms with Gasteiger partial charge in [0.15, 0.2) is 0 Å². The number of amides is 1. The average Bonchev–Trinajstić information content (AvgIpc) is 2.74. The number of aromatic nitrogens is 2. The smallest absolute Gasteiger partial charge is 0.225 e. The Labute approximate surface area is 102 Å². The quantitative estimate of drug-likeness (QED) is 0.824. The predicted molar refractivity (Wildman–Crippen MR) is 66.7 cm³/mol. The molecule has 0 spiro atoms. The summed E-state index contributed by atoms with van der Waals surface area (Å²) in [6.07, 6.45) is 5.72. The minimum Gasteiger partial charge on any atom is -0.316 e. The topological polar surface area (TPSA) is 59.0 Å². The van der Waals surface area contributed by atoms with Crippen molar-refractivity contribution in [2.75, 3.05) is 18.4 Å². The van der Waals surface area contributed by atoms with Gasteiger partial charge >= 0.3 is 0 Å². The lowest BCUT2D eigenvalue weighted by Gasteiger charge is -2.22. The monoisotopic (exact) mass is 236 g/mol. The van der Waals surface area contributed by atoms with Crippen molar-refractivity contribution >= 4 is 11.7 Å². The van der Waals surface area contributed by atoms with Crippen molar-refractivity contribution < 1.29 is 4.79 Å². The summed E-state index contributed by atoms with van der Waals surface area (Å²) in [5, 5.41) is 10.2. The second kappa shape index (κ2) is 5.82. The van der Waals surface area contributed by atoms with Crippen molar-refractivity contribution in [3.8, 4) is 0 Å². The molecule has 0 aromatic carbocycles. The number of hydrogen-bond acceptors (Lipinski definition) is 3. The molecule has 1 saturated heterocycles. The third-order valence-electron chi connectivity index (χ3n) is 3.27.